The van der Waals surface area contributed by atoms with Crippen LogP contribution in [0.1, 0.15) is 17.5 Å². The highest BCUT2D eigenvalue weighted by Gasteiger charge is 2.10. The van der Waals surface area contributed by atoms with Crippen molar-refractivity contribution >= 4 is 0 Å². The predicted octanol–water partition coefficient (Wildman–Crippen LogP) is 1.96. The van der Waals surface area contributed by atoms with Crippen LogP contribution in [0, 0.1) is 11.3 Å². The zero-order chi connectivity index (χ0) is 10.5. The predicted molar refractivity (Wildman–Crippen MR) is 54.7 cm³/mol. The molecule has 0 bridgehead atoms. The standard InChI is InChI=1S/C11H11N3O/c12-7-11(10-4-1-5-13-10)14-8-9-3-2-6-15-9/h1-6,11,13-14H,8H2. The number of aromatic amines is 1. The molecule has 2 heterocycles. The highest BCUT2D eigenvalue weighted by Crippen LogP contribution is 2.10. The first-order valence-electron chi connectivity index (χ1n) is 4.69. The quantitative estimate of drug-likeness (QED) is 0.794. The lowest BCUT2D eigenvalue weighted by molar-refractivity contribution is 0.471. The number of H-pyrrole nitrogens is 1. The van der Waals surface area contributed by atoms with Crippen LogP contribution in [0.25, 0.3) is 0 Å². The summed E-state index contributed by atoms with van der Waals surface area (Å²) >= 11 is 0. The number of nitrogens with zero attached hydrogens (tertiary/aromatic N) is 1. The van der Waals surface area contributed by atoms with Gasteiger partial charge in [-0.05, 0) is 24.3 Å². The molecule has 0 aliphatic carbocycles. The molecule has 2 rings (SSSR count). The second-order valence-electron chi connectivity index (χ2n) is 3.15. The van der Waals surface area contributed by atoms with Crippen LogP contribution >= 0.6 is 0 Å². The van der Waals surface area contributed by atoms with Crippen LogP contribution in [0.4, 0.5) is 0 Å². The van der Waals surface area contributed by atoms with Gasteiger partial charge in [-0.2, -0.15) is 5.26 Å². The number of nitriles is 1. The van der Waals surface area contributed by atoms with Gasteiger partial charge in [0.05, 0.1) is 18.9 Å². The van der Waals surface area contributed by atoms with Crippen molar-refractivity contribution in [2.24, 2.45) is 0 Å². The Hall–Kier alpha value is -1.99. The van der Waals surface area contributed by atoms with Gasteiger partial charge in [0.2, 0.25) is 0 Å². The topological polar surface area (TPSA) is 64.8 Å². The van der Waals surface area contributed by atoms with Crippen molar-refractivity contribution in [2.45, 2.75) is 12.6 Å². The molecule has 0 saturated heterocycles. The molecule has 0 radical (unpaired) electrons. The first-order valence-corrected chi connectivity index (χ1v) is 4.69. The lowest BCUT2D eigenvalue weighted by Crippen LogP contribution is -2.19. The molecule has 4 heteroatoms. The number of hydrogen-bond donors (Lipinski definition) is 2. The van der Waals surface area contributed by atoms with Gasteiger partial charge in [-0.3, -0.25) is 5.32 Å². The van der Waals surface area contributed by atoms with Gasteiger partial charge in [0.1, 0.15) is 11.8 Å². The lowest BCUT2D eigenvalue weighted by atomic mass is 10.2. The Morgan fingerprint density at radius 3 is 3.00 bits per heavy atom. The van der Waals surface area contributed by atoms with E-state index >= 15 is 0 Å². The van der Waals surface area contributed by atoms with Gasteiger partial charge >= 0.3 is 0 Å². The van der Waals surface area contributed by atoms with E-state index in [4.69, 9.17) is 9.68 Å². The van der Waals surface area contributed by atoms with Crippen molar-refractivity contribution in [1.29, 1.82) is 5.26 Å². The zero-order valence-corrected chi connectivity index (χ0v) is 8.10. The Kier molecular flexibility index (Phi) is 2.86. The van der Waals surface area contributed by atoms with E-state index in [0.29, 0.717) is 6.54 Å². The minimum atomic E-state index is -0.329. The monoisotopic (exact) mass is 201 g/mol. The summed E-state index contributed by atoms with van der Waals surface area (Å²) in [6.07, 6.45) is 3.42. The fraction of sp³-hybridized carbons (Fsp3) is 0.182. The van der Waals surface area contributed by atoms with Crippen LogP contribution in [0.2, 0.25) is 0 Å². The third-order valence-electron chi connectivity index (χ3n) is 2.12. The van der Waals surface area contributed by atoms with Crippen LogP contribution in [-0.4, -0.2) is 4.98 Å². The van der Waals surface area contributed by atoms with E-state index in [1.807, 2.05) is 24.3 Å². The molecule has 1 unspecified atom stereocenters. The van der Waals surface area contributed by atoms with E-state index in [1.165, 1.54) is 0 Å². The fourth-order valence-corrected chi connectivity index (χ4v) is 1.36. The number of hydrogen-bond acceptors (Lipinski definition) is 3. The van der Waals surface area contributed by atoms with Gasteiger partial charge in [0, 0.05) is 11.9 Å². The highest BCUT2D eigenvalue weighted by atomic mass is 16.3. The van der Waals surface area contributed by atoms with Gasteiger partial charge in [0.15, 0.2) is 0 Å². The van der Waals surface area contributed by atoms with Crippen LogP contribution in [0.15, 0.2) is 41.1 Å². The fourth-order valence-electron chi connectivity index (χ4n) is 1.36. The second kappa shape index (κ2) is 4.49. The largest absolute Gasteiger partial charge is 0.468 e. The maximum Gasteiger partial charge on any atom is 0.136 e. The number of furan rings is 1. The van der Waals surface area contributed by atoms with E-state index < -0.39 is 0 Å². The Balaban J connectivity index is 1.96. The third-order valence-corrected chi connectivity index (χ3v) is 2.12. The van der Waals surface area contributed by atoms with E-state index in [-0.39, 0.29) is 6.04 Å². The van der Waals surface area contributed by atoms with E-state index in [2.05, 4.69) is 16.4 Å². The Bertz CT molecular complexity index is 425. The van der Waals surface area contributed by atoms with Crippen molar-refractivity contribution in [1.82, 2.24) is 10.3 Å². The molecule has 0 saturated carbocycles. The third kappa shape index (κ3) is 2.27. The Labute approximate surface area is 87.5 Å². The molecular weight excluding hydrogens is 190 g/mol. The molecule has 0 aliphatic rings. The molecule has 4 nitrogen and oxygen atoms in total. The number of aromatic nitrogens is 1. The van der Waals surface area contributed by atoms with Gasteiger partial charge in [-0.25, -0.2) is 0 Å². The molecule has 0 aromatic carbocycles. The summed E-state index contributed by atoms with van der Waals surface area (Å²) in [5, 5.41) is 12.1. The Morgan fingerprint density at radius 1 is 1.47 bits per heavy atom. The molecule has 2 aromatic heterocycles. The maximum atomic E-state index is 8.96. The molecule has 1 atom stereocenters. The van der Waals surface area contributed by atoms with Crippen molar-refractivity contribution in [3.05, 3.63) is 48.2 Å². The van der Waals surface area contributed by atoms with Gasteiger partial charge in [-0.15, -0.1) is 0 Å². The van der Waals surface area contributed by atoms with Gasteiger partial charge in [-0.1, -0.05) is 0 Å². The first-order chi connectivity index (χ1) is 7.40. The van der Waals surface area contributed by atoms with Crippen LogP contribution in [0.3, 0.4) is 0 Å². The normalized spacial score (nSPS) is 12.2. The molecule has 2 N–H and O–H groups in total. The van der Waals surface area contributed by atoms with Crippen LogP contribution < -0.4 is 5.32 Å². The number of nitrogens with one attached hydrogen (secondary N) is 2. The van der Waals surface area contributed by atoms with E-state index in [0.717, 1.165) is 11.5 Å². The second-order valence-corrected chi connectivity index (χ2v) is 3.15. The molecule has 0 fully saturated rings. The minimum Gasteiger partial charge on any atom is -0.468 e. The van der Waals surface area contributed by atoms with Crippen molar-refractivity contribution in [2.75, 3.05) is 0 Å². The maximum absolute atomic E-state index is 8.96. The number of rotatable bonds is 4. The van der Waals surface area contributed by atoms with Crippen molar-refractivity contribution in [3.63, 3.8) is 0 Å². The summed E-state index contributed by atoms with van der Waals surface area (Å²) in [5.74, 6) is 0.821. The molecule has 0 aliphatic heterocycles. The first kappa shape index (κ1) is 9.56. The smallest absolute Gasteiger partial charge is 0.136 e. The molecule has 76 valence electrons. The average molecular weight is 201 g/mol. The summed E-state index contributed by atoms with van der Waals surface area (Å²) in [6.45, 7) is 0.546. The minimum absolute atomic E-state index is 0.329. The van der Waals surface area contributed by atoms with Gasteiger partial charge in [0.25, 0.3) is 0 Å². The average Bonchev–Trinajstić information content (AvgIpc) is 2.90. The Morgan fingerprint density at radius 2 is 2.40 bits per heavy atom. The van der Waals surface area contributed by atoms with E-state index in [1.54, 1.807) is 12.5 Å². The van der Waals surface area contributed by atoms with Crippen LogP contribution in [-0.2, 0) is 6.54 Å². The SMILES string of the molecule is N#CC(NCc1ccco1)c1ccc[nH]1. The van der Waals surface area contributed by atoms with E-state index in [9.17, 15) is 0 Å². The molecule has 0 spiro atoms. The van der Waals surface area contributed by atoms with Crippen molar-refractivity contribution < 1.29 is 4.42 Å². The lowest BCUT2D eigenvalue weighted by Gasteiger charge is -2.07. The van der Waals surface area contributed by atoms with Gasteiger partial charge < -0.3 is 9.40 Å². The molecule has 2 aromatic rings. The summed E-state index contributed by atoms with van der Waals surface area (Å²) in [6, 6.07) is 9.30. The molecular formula is C11H11N3O. The summed E-state index contributed by atoms with van der Waals surface area (Å²) in [7, 11) is 0. The van der Waals surface area contributed by atoms with Crippen LogP contribution in [0.5, 0.6) is 0 Å². The summed E-state index contributed by atoms with van der Waals surface area (Å²) < 4.78 is 5.16. The molecule has 15 heavy (non-hydrogen) atoms. The molecule has 0 amide bonds. The highest BCUT2D eigenvalue weighted by molar-refractivity contribution is 5.16. The summed E-state index contributed by atoms with van der Waals surface area (Å²) in [5.41, 5.74) is 0.865. The zero-order valence-electron chi connectivity index (χ0n) is 8.10. The summed E-state index contributed by atoms with van der Waals surface area (Å²) in [4.78, 5) is 3.00. The van der Waals surface area contributed by atoms with Crippen molar-refractivity contribution in [3.8, 4) is 6.07 Å².